The number of aliphatic carboxylic acids is 1. The largest absolute Gasteiger partial charge is 0.480 e. The van der Waals surface area contributed by atoms with Crippen molar-refractivity contribution in [1.29, 1.82) is 0 Å². The van der Waals surface area contributed by atoms with Crippen molar-refractivity contribution in [3.8, 4) is 0 Å². The Bertz CT molecular complexity index is 346. The number of carbonyl (C=O) groups is 2. The lowest BCUT2D eigenvalue weighted by molar-refractivity contribution is -0.142. The number of rotatable bonds is 5. The number of nitrogens with zero attached hydrogens (tertiary/aromatic N) is 1. The van der Waals surface area contributed by atoms with Crippen LogP contribution >= 0.6 is 0 Å². The van der Waals surface area contributed by atoms with Crippen LogP contribution in [0.5, 0.6) is 0 Å². The molecule has 0 unspecified atom stereocenters. The van der Waals surface area contributed by atoms with Crippen LogP contribution in [0, 0.1) is 5.92 Å². The molecular weight excluding hydrogens is 260 g/mol. The van der Waals surface area contributed by atoms with Crippen molar-refractivity contribution >= 4 is 12.0 Å². The van der Waals surface area contributed by atoms with Crippen LogP contribution in [-0.4, -0.2) is 54.4 Å². The van der Waals surface area contributed by atoms with Gasteiger partial charge in [0.1, 0.15) is 6.61 Å². The molecule has 2 fully saturated rings. The molecule has 2 amide bonds. The van der Waals surface area contributed by atoms with Gasteiger partial charge in [0.25, 0.3) is 0 Å². The summed E-state index contributed by atoms with van der Waals surface area (Å²) in [6.07, 6.45) is 7.20. The first-order valence-corrected chi connectivity index (χ1v) is 7.52. The lowest BCUT2D eigenvalue weighted by Gasteiger charge is -2.44. The molecule has 1 heterocycles. The molecule has 0 bridgehead atoms. The van der Waals surface area contributed by atoms with E-state index in [1.54, 1.807) is 0 Å². The minimum absolute atomic E-state index is 0.0273. The fourth-order valence-corrected chi connectivity index (χ4v) is 3.37. The van der Waals surface area contributed by atoms with Gasteiger partial charge in [-0.25, -0.2) is 9.59 Å². The summed E-state index contributed by atoms with van der Waals surface area (Å²) in [6.45, 7) is 1.12. The van der Waals surface area contributed by atoms with E-state index in [0.717, 1.165) is 19.4 Å². The predicted molar refractivity (Wildman–Crippen MR) is 73.5 cm³/mol. The molecular formula is C14H24N2O4. The van der Waals surface area contributed by atoms with E-state index < -0.39 is 5.97 Å². The highest BCUT2D eigenvalue weighted by molar-refractivity contribution is 5.74. The summed E-state index contributed by atoms with van der Waals surface area (Å²) in [4.78, 5) is 24.5. The zero-order valence-corrected chi connectivity index (χ0v) is 11.8. The minimum Gasteiger partial charge on any atom is -0.480 e. The van der Waals surface area contributed by atoms with E-state index in [0.29, 0.717) is 18.5 Å². The molecule has 6 heteroatoms. The molecule has 1 aliphatic heterocycles. The first-order chi connectivity index (χ1) is 9.68. The standard InChI is InChI=1S/C14H24N2O4/c17-13(18)10-20-9-7-15-14(19)16-8-3-5-11-4-1-2-6-12(11)16/h11-12H,1-10H2,(H,15,19)(H,17,18)/t11-,12-/m1/s1. The van der Waals surface area contributed by atoms with Gasteiger partial charge in [0.15, 0.2) is 0 Å². The van der Waals surface area contributed by atoms with Crippen molar-refractivity contribution in [3.05, 3.63) is 0 Å². The average molecular weight is 284 g/mol. The molecule has 114 valence electrons. The van der Waals surface area contributed by atoms with E-state index in [2.05, 4.69) is 5.32 Å². The number of carboxylic acids is 1. The fourth-order valence-electron chi connectivity index (χ4n) is 3.37. The number of likely N-dealkylation sites (tertiary alicyclic amines) is 1. The Balaban J connectivity index is 1.72. The zero-order chi connectivity index (χ0) is 14.4. The smallest absolute Gasteiger partial charge is 0.329 e. The molecule has 0 aromatic heterocycles. The van der Waals surface area contributed by atoms with E-state index in [-0.39, 0.29) is 19.2 Å². The summed E-state index contributed by atoms with van der Waals surface area (Å²) in [5.74, 6) is -0.316. The van der Waals surface area contributed by atoms with Crippen LogP contribution in [0.1, 0.15) is 38.5 Å². The first kappa shape index (κ1) is 15.1. The van der Waals surface area contributed by atoms with Crippen LogP contribution in [0.4, 0.5) is 4.79 Å². The highest BCUT2D eigenvalue weighted by Crippen LogP contribution is 2.35. The quantitative estimate of drug-likeness (QED) is 0.749. The topological polar surface area (TPSA) is 78.9 Å². The number of urea groups is 1. The average Bonchev–Trinajstić information content (AvgIpc) is 2.45. The number of amides is 2. The molecule has 1 saturated heterocycles. The van der Waals surface area contributed by atoms with Crippen molar-refractivity contribution in [1.82, 2.24) is 10.2 Å². The highest BCUT2D eigenvalue weighted by atomic mass is 16.5. The number of hydrogen-bond donors (Lipinski definition) is 2. The third-order valence-corrected chi connectivity index (χ3v) is 4.25. The maximum Gasteiger partial charge on any atom is 0.329 e. The van der Waals surface area contributed by atoms with Gasteiger partial charge in [0, 0.05) is 19.1 Å². The van der Waals surface area contributed by atoms with Crippen LogP contribution in [0.15, 0.2) is 0 Å². The van der Waals surface area contributed by atoms with E-state index in [1.165, 1.54) is 25.7 Å². The van der Waals surface area contributed by atoms with Crippen molar-refractivity contribution < 1.29 is 19.4 Å². The number of fused-ring (bicyclic) bond motifs is 1. The van der Waals surface area contributed by atoms with Gasteiger partial charge in [-0.15, -0.1) is 0 Å². The summed E-state index contributed by atoms with van der Waals surface area (Å²) in [6, 6.07) is 0.373. The Morgan fingerprint density at radius 2 is 1.95 bits per heavy atom. The minimum atomic E-state index is -0.989. The van der Waals surface area contributed by atoms with Crippen LogP contribution in [0.3, 0.4) is 0 Å². The van der Waals surface area contributed by atoms with Gasteiger partial charge in [-0.2, -0.15) is 0 Å². The van der Waals surface area contributed by atoms with Crippen molar-refractivity contribution in [2.45, 2.75) is 44.6 Å². The Labute approximate surface area is 119 Å². The molecule has 0 radical (unpaired) electrons. The van der Waals surface area contributed by atoms with Crippen molar-refractivity contribution in [3.63, 3.8) is 0 Å². The monoisotopic (exact) mass is 284 g/mol. The number of carbonyl (C=O) groups excluding carboxylic acids is 1. The molecule has 2 atom stereocenters. The highest BCUT2D eigenvalue weighted by Gasteiger charge is 2.35. The molecule has 1 saturated carbocycles. The summed E-state index contributed by atoms with van der Waals surface area (Å²) in [5, 5.41) is 11.3. The SMILES string of the molecule is O=C(O)COCCNC(=O)N1CCC[C@H]2CCCC[C@H]21. The number of ether oxygens (including phenoxy) is 1. The summed E-state index contributed by atoms with van der Waals surface area (Å²) in [5.41, 5.74) is 0. The summed E-state index contributed by atoms with van der Waals surface area (Å²) in [7, 11) is 0. The zero-order valence-electron chi connectivity index (χ0n) is 11.8. The Hall–Kier alpha value is -1.30. The second-order valence-electron chi connectivity index (χ2n) is 5.63. The summed E-state index contributed by atoms with van der Waals surface area (Å²) >= 11 is 0. The van der Waals surface area contributed by atoms with Gasteiger partial charge in [-0.05, 0) is 31.6 Å². The lowest BCUT2D eigenvalue weighted by Crippen LogP contribution is -2.53. The van der Waals surface area contributed by atoms with Crippen molar-refractivity contribution in [2.75, 3.05) is 26.3 Å². The number of hydrogen-bond acceptors (Lipinski definition) is 3. The van der Waals surface area contributed by atoms with Gasteiger partial charge < -0.3 is 20.1 Å². The van der Waals surface area contributed by atoms with Crippen LogP contribution < -0.4 is 5.32 Å². The molecule has 20 heavy (non-hydrogen) atoms. The summed E-state index contributed by atoms with van der Waals surface area (Å²) < 4.78 is 4.91. The Kier molecular flexibility index (Phi) is 5.64. The number of piperidine rings is 1. The van der Waals surface area contributed by atoms with Crippen molar-refractivity contribution in [2.24, 2.45) is 5.92 Å². The molecule has 0 aromatic carbocycles. The lowest BCUT2D eigenvalue weighted by atomic mass is 9.78. The third kappa shape index (κ3) is 4.10. The molecule has 0 aromatic rings. The fraction of sp³-hybridized carbons (Fsp3) is 0.857. The predicted octanol–water partition coefficient (Wildman–Crippen LogP) is 1.45. The molecule has 2 aliphatic rings. The van der Waals surface area contributed by atoms with Gasteiger partial charge >= 0.3 is 12.0 Å². The second kappa shape index (κ2) is 7.47. The maximum atomic E-state index is 12.2. The first-order valence-electron chi connectivity index (χ1n) is 7.52. The molecule has 2 rings (SSSR count). The second-order valence-corrected chi connectivity index (χ2v) is 5.63. The Morgan fingerprint density at radius 3 is 2.75 bits per heavy atom. The van der Waals surface area contributed by atoms with Gasteiger partial charge in [-0.3, -0.25) is 0 Å². The van der Waals surface area contributed by atoms with Gasteiger partial charge in [-0.1, -0.05) is 12.8 Å². The van der Waals surface area contributed by atoms with Crippen LogP contribution in [-0.2, 0) is 9.53 Å². The van der Waals surface area contributed by atoms with Gasteiger partial charge in [0.2, 0.25) is 0 Å². The molecule has 0 spiro atoms. The maximum absolute atomic E-state index is 12.2. The van der Waals surface area contributed by atoms with Crippen LogP contribution in [0.2, 0.25) is 0 Å². The molecule has 6 nitrogen and oxygen atoms in total. The van der Waals surface area contributed by atoms with E-state index in [1.807, 2.05) is 4.90 Å². The van der Waals surface area contributed by atoms with Gasteiger partial charge in [0.05, 0.1) is 6.61 Å². The van der Waals surface area contributed by atoms with E-state index in [9.17, 15) is 9.59 Å². The van der Waals surface area contributed by atoms with E-state index >= 15 is 0 Å². The van der Waals surface area contributed by atoms with Crippen LogP contribution in [0.25, 0.3) is 0 Å². The molecule has 1 aliphatic carbocycles. The number of carboxylic acid groups (broad SMARTS) is 1. The van der Waals surface area contributed by atoms with E-state index in [4.69, 9.17) is 9.84 Å². The number of nitrogens with one attached hydrogen (secondary N) is 1. The molecule has 2 N–H and O–H groups in total. The third-order valence-electron chi connectivity index (χ3n) is 4.25. The normalized spacial score (nSPS) is 25.9. The Morgan fingerprint density at radius 1 is 1.20 bits per heavy atom.